The summed E-state index contributed by atoms with van der Waals surface area (Å²) in [5.41, 5.74) is 2.82. The van der Waals surface area contributed by atoms with Crippen molar-refractivity contribution in [3.05, 3.63) is 54.1 Å². The normalized spacial score (nSPS) is 11.6. The van der Waals surface area contributed by atoms with Gasteiger partial charge in [0.1, 0.15) is 0 Å². The summed E-state index contributed by atoms with van der Waals surface area (Å²) >= 11 is 1.47. The first kappa shape index (κ1) is 19.1. The highest BCUT2D eigenvalue weighted by Gasteiger charge is 2.11. The molecule has 2 aromatic rings. The molecule has 2 N–H and O–H groups in total. The predicted octanol–water partition coefficient (Wildman–Crippen LogP) is 4.89. The lowest BCUT2D eigenvalue weighted by molar-refractivity contribution is -0.114. The van der Waals surface area contributed by atoms with Crippen LogP contribution in [0.3, 0.4) is 0 Å². The summed E-state index contributed by atoms with van der Waals surface area (Å²) in [6, 6.07) is 15.4. The zero-order valence-electron chi connectivity index (χ0n) is 14.8. The maximum Gasteiger partial charge on any atom is 0.234 e. The summed E-state index contributed by atoms with van der Waals surface area (Å²) in [7, 11) is 0. The molecule has 132 valence electrons. The molecule has 25 heavy (non-hydrogen) atoms. The molecule has 0 spiro atoms. The molecule has 2 aromatic carbocycles. The highest BCUT2D eigenvalue weighted by atomic mass is 32.2. The zero-order valence-corrected chi connectivity index (χ0v) is 15.7. The molecule has 0 aromatic heterocycles. The SMILES string of the molecule is CCC(C)c1ccccc1NC(=O)CSc1ccc(NC(C)=O)cc1. The number of anilines is 2. The lowest BCUT2D eigenvalue weighted by atomic mass is 9.97. The number of benzene rings is 2. The predicted molar refractivity (Wildman–Crippen MR) is 105 cm³/mol. The van der Waals surface area contributed by atoms with Crippen molar-refractivity contribution < 1.29 is 9.59 Å². The summed E-state index contributed by atoms with van der Waals surface area (Å²) < 4.78 is 0. The Morgan fingerprint density at radius 2 is 1.72 bits per heavy atom. The number of carbonyl (C=O) groups is 2. The molecule has 4 nitrogen and oxygen atoms in total. The number of hydrogen-bond donors (Lipinski definition) is 2. The average molecular weight is 356 g/mol. The Morgan fingerprint density at radius 3 is 2.36 bits per heavy atom. The monoisotopic (exact) mass is 356 g/mol. The number of amides is 2. The lowest BCUT2D eigenvalue weighted by Gasteiger charge is -2.15. The van der Waals surface area contributed by atoms with Crippen LogP contribution >= 0.6 is 11.8 Å². The smallest absolute Gasteiger partial charge is 0.234 e. The first-order valence-electron chi connectivity index (χ1n) is 8.38. The summed E-state index contributed by atoms with van der Waals surface area (Å²) in [6.45, 7) is 5.78. The number of para-hydroxylation sites is 1. The molecule has 0 aliphatic rings. The van der Waals surface area contributed by atoms with Crippen molar-refractivity contribution in [2.45, 2.75) is 38.0 Å². The van der Waals surface area contributed by atoms with E-state index >= 15 is 0 Å². The van der Waals surface area contributed by atoms with Gasteiger partial charge in [0, 0.05) is 23.2 Å². The second-order valence-electron chi connectivity index (χ2n) is 5.94. The lowest BCUT2D eigenvalue weighted by Crippen LogP contribution is -2.15. The van der Waals surface area contributed by atoms with Crippen LogP contribution in [0.25, 0.3) is 0 Å². The second kappa shape index (κ2) is 9.28. The minimum Gasteiger partial charge on any atom is -0.326 e. The van der Waals surface area contributed by atoms with E-state index in [1.807, 2.05) is 42.5 Å². The minimum atomic E-state index is -0.0975. The van der Waals surface area contributed by atoms with E-state index in [1.54, 1.807) is 0 Å². The van der Waals surface area contributed by atoms with Crippen molar-refractivity contribution in [1.29, 1.82) is 0 Å². The van der Waals surface area contributed by atoms with Crippen molar-refractivity contribution in [2.75, 3.05) is 16.4 Å². The first-order chi connectivity index (χ1) is 12.0. The fourth-order valence-electron chi connectivity index (χ4n) is 2.43. The van der Waals surface area contributed by atoms with Crippen molar-refractivity contribution in [2.24, 2.45) is 0 Å². The first-order valence-corrected chi connectivity index (χ1v) is 9.37. The van der Waals surface area contributed by atoms with Gasteiger partial charge in [0.05, 0.1) is 5.75 Å². The maximum atomic E-state index is 12.3. The van der Waals surface area contributed by atoms with Crippen LogP contribution in [-0.4, -0.2) is 17.6 Å². The van der Waals surface area contributed by atoms with E-state index in [0.717, 1.165) is 22.7 Å². The van der Waals surface area contributed by atoms with E-state index in [2.05, 4.69) is 30.5 Å². The fraction of sp³-hybridized carbons (Fsp3) is 0.300. The largest absolute Gasteiger partial charge is 0.326 e. The van der Waals surface area contributed by atoms with Crippen LogP contribution in [0.15, 0.2) is 53.4 Å². The molecule has 0 radical (unpaired) electrons. The van der Waals surface area contributed by atoms with E-state index in [0.29, 0.717) is 11.7 Å². The van der Waals surface area contributed by atoms with E-state index in [4.69, 9.17) is 0 Å². The van der Waals surface area contributed by atoms with Gasteiger partial charge < -0.3 is 10.6 Å². The molecule has 0 saturated heterocycles. The Kier molecular flexibility index (Phi) is 7.07. The number of thioether (sulfide) groups is 1. The van der Waals surface area contributed by atoms with Crippen molar-refractivity contribution >= 4 is 35.0 Å². The second-order valence-corrected chi connectivity index (χ2v) is 6.99. The summed E-state index contributed by atoms with van der Waals surface area (Å²) in [4.78, 5) is 24.3. The average Bonchev–Trinajstić information content (AvgIpc) is 2.60. The van der Waals surface area contributed by atoms with Crippen LogP contribution < -0.4 is 10.6 Å². The Bertz CT molecular complexity index is 729. The third-order valence-corrected chi connectivity index (χ3v) is 4.93. The minimum absolute atomic E-state index is 0.0216. The fourth-order valence-corrected chi connectivity index (χ4v) is 3.13. The molecular weight excluding hydrogens is 332 g/mol. The number of hydrogen-bond acceptors (Lipinski definition) is 3. The van der Waals surface area contributed by atoms with Crippen LogP contribution in [0.4, 0.5) is 11.4 Å². The van der Waals surface area contributed by atoms with Gasteiger partial charge in [-0.1, -0.05) is 32.0 Å². The van der Waals surface area contributed by atoms with Gasteiger partial charge in [-0.05, 0) is 48.2 Å². The molecular formula is C20H24N2O2S. The van der Waals surface area contributed by atoms with Gasteiger partial charge in [-0.15, -0.1) is 11.8 Å². The Hall–Kier alpha value is -2.27. The molecule has 5 heteroatoms. The van der Waals surface area contributed by atoms with E-state index < -0.39 is 0 Å². The third kappa shape index (κ3) is 5.94. The molecule has 0 aliphatic heterocycles. The van der Waals surface area contributed by atoms with Crippen LogP contribution in [0.2, 0.25) is 0 Å². The topological polar surface area (TPSA) is 58.2 Å². The number of rotatable bonds is 7. The number of carbonyl (C=O) groups excluding carboxylic acids is 2. The Balaban J connectivity index is 1.92. The van der Waals surface area contributed by atoms with Crippen LogP contribution in [0.1, 0.15) is 38.7 Å². The van der Waals surface area contributed by atoms with Gasteiger partial charge >= 0.3 is 0 Å². The van der Waals surface area contributed by atoms with Crippen molar-refractivity contribution in [3.8, 4) is 0 Å². The van der Waals surface area contributed by atoms with Crippen LogP contribution in [0.5, 0.6) is 0 Å². The van der Waals surface area contributed by atoms with Gasteiger partial charge in [0.25, 0.3) is 0 Å². The van der Waals surface area contributed by atoms with E-state index in [1.165, 1.54) is 24.2 Å². The highest BCUT2D eigenvalue weighted by Crippen LogP contribution is 2.27. The van der Waals surface area contributed by atoms with Gasteiger partial charge in [-0.3, -0.25) is 9.59 Å². The maximum absolute atomic E-state index is 12.3. The molecule has 0 bridgehead atoms. The summed E-state index contributed by atoms with van der Waals surface area (Å²) in [6.07, 6.45) is 1.03. The van der Waals surface area contributed by atoms with Crippen molar-refractivity contribution in [3.63, 3.8) is 0 Å². The molecule has 1 atom stereocenters. The van der Waals surface area contributed by atoms with Gasteiger partial charge in [-0.25, -0.2) is 0 Å². The van der Waals surface area contributed by atoms with Gasteiger partial charge in [0.2, 0.25) is 11.8 Å². The molecule has 0 heterocycles. The van der Waals surface area contributed by atoms with E-state index in [9.17, 15) is 9.59 Å². The van der Waals surface area contributed by atoms with Crippen LogP contribution in [-0.2, 0) is 9.59 Å². The Morgan fingerprint density at radius 1 is 1.04 bits per heavy atom. The Labute approximate surface area is 153 Å². The molecule has 0 fully saturated rings. The van der Waals surface area contributed by atoms with Gasteiger partial charge in [0.15, 0.2) is 0 Å². The molecule has 0 saturated carbocycles. The van der Waals surface area contributed by atoms with E-state index in [-0.39, 0.29) is 11.8 Å². The molecule has 1 unspecified atom stereocenters. The summed E-state index contributed by atoms with van der Waals surface area (Å²) in [5.74, 6) is 0.630. The molecule has 0 aliphatic carbocycles. The van der Waals surface area contributed by atoms with Gasteiger partial charge in [-0.2, -0.15) is 0 Å². The number of nitrogens with one attached hydrogen (secondary N) is 2. The quantitative estimate of drug-likeness (QED) is 0.695. The van der Waals surface area contributed by atoms with Crippen LogP contribution in [0, 0.1) is 0 Å². The zero-order chi connectivity index (χ0) is 18.2. The molecule has 2 amide bonds. The molecule has 2 rings (SSSR count). The van der Waals surface area contributed by atoms with Crippen molar-refractivity contribution in [1.82, 2.24) is 0 Å². The summed E-state index contributed by atoms with van der Waals surface area (Å²) in [5, 5.41) is 5.74. The standard InChI is InChI=1S/C20H24N2O2S/c1-4-14(2)18-7-5-6-8-19(18)22-20(24)13-25-17-11-9-16(10-12-17)21-15(3)23/h5-12,14H,4,13H2,1-3H3,(H,21,23)(H,22,24). The highest BCUT2D eigenvalue weighted by molar-refractivity contribution is 8.00. The third-order valence-electron chi connectivity index (χ3n) is 3.92.